The van der Waals surface area contributed by atoms with E-state index in [-0.39, 0.29) is 12.3 Å². The predicted octanol–water partition coefficient (Wildman–Crippen LogP) is 3.05. The smallest absolute Gasteiger partial charge is 0.223 e. The number of carbonyl (C=O) groups excluding carboxylic acids is 1. The van der Waals surface area contributed by atoms with E-state index < -0.39 is 5.60 Å². The summed E-state index contributed by atoms with van der Waals surface area (Å²) in [5, 5.41) is 13.7. The van der Waals surface area contributed by atoms with Crippen molar-refractivity contribution in [3.05, 3.63) is 28.8 Å². The van der Waals surface area contributed by atoms with Crippen molar-refractivity contribution in [1.29, 1.82) is 0 Å². The van der Waals surface area contributed by atoms with Crippen molar-refractivity contribution in [3.8, 4) is 5.75 Å². The maximum atomic E-state index is 12.0. The molecule has 5 heteroatoms. The second-order valence-corrected chi connectivity index (χ2v) is 6.11. The number of methoxy groups -OCH3 is 1. The quantitative estimate of drug-likeness (QED) is 0.878. The molecule has 0 saturated heterocycles. The Balaban J connectivity index is 1.84. The number of carbonyl (C=O) groups is 1. The van der Waals surface area contributed by atoms with Crippen LogP contribution < -0.4 is 10.1 Å². The van der Waals surface area contributed by atoms with E-state index in [1.54, 1.807) is 19.2 Å². The highest BCUT2D eigenvalue weighted by Crippen LogP contribution is 2.30. The van der Waals surface area contributed by atoms with Gasteiger partial charge < -0.3 is 15.2 Å². The lowest BCUT2D eigenvalue weighted by atomic mass is 9.82. The fraction of sp³-hybridized carbons (Fsp3) is 0.562. The molecule has 0 aromatic heterocycles. The summed E-state index contributed by atoms with van der Waals surface area (Å²) < 4.78 is 5.09. The second-order valence-electron chi connectivity index (χ2n) is 5.71. The van der Waals surface area contributed by atoms with E-state index in [1.807, 2.05) is 6.07 Å². The number of rotatable bonds is 5. The highest BCUT2D eigenvalue weighted by Gasteiger charge is 2.31. The third kappa shape index (κ3) is 4.61. The Hall–Kier alpha value is -1.26. The highest BCUT2D eigenvalue weighted by molar-refractivity contribution is 6.32. The van der Waals surface area contributed by atoms with Crippen LogP contribution in [-0.4, -0.2) is 23.7 Å². The van der Waals surface area contributed by atoms with Crippen molar-refractivity contribution in [2.75, 3.05) is 7.11 Å². The Kier molecular flexibility index (Phi) is 5.48. The topological polar surface area (TPSA) is 58.6 Å². The summed E-state index contributed by atoms with van der Waals surface area (Å²) in [6, 6.07) is 5.41. The monoisotopic (exact) mass is 311 g/mol. The van der Waals surface area contributed by atoms with Crippen LogP contribution in [0.5, 0.6) is 5.75 Å². The maximum Gasteiger partial charge on any atom is 0.223 e. The minimum atomic E-state index is -0.820. The van der Waals surface area contributed by atoms with Gasteiger partial charge in [0.05, 0.1) is 24.2 Å². The molecule has 1 aromatic rings. The number of benzene rings is 1. The number of ether oxygens (including phenoxy) is 1. The van der Waals surface area contributed by atoms with E-state index in [2.05, 4.69) is 5.32 Å². The Bertz CT molecular complexity index is 498. The van der Waals surface area contributed by atoms with Crippen LogP contribution >= 0.6 is 11.6 Å². The Morgan fingerprint density at radius 3 is 2.71 bits per heavy atom. The zero-order valence-electron chi connectivity index (χ0n) is 12.3. The van der Waals surface area contributed by atoms with E-state index in [0.29, 0.717) is 17.3 Å². The Morgan fingerprint density at radius 1 is 1.38 bits per heavy atom. The first-order valence-corrected chi connectivity index (χ1v) is 7.72. The lowest BCUT2D eigenvalue weighted by molar-refractivity contribution is -0.127. The average molecular weight is 312 g/mol. The first kappa shape index (κ1) is 16.1. The summed E-state index contributed by atoms with van der Waals surface area (Å²) in [5.41, 5.74) is 0.0877. The van der Waals surface area contributed by atoms with Crippen molar-refractivity contribution in [3.63, 3.8) is 0 Å². The molecule has 1 amide bonds. The van der Waals surface area contributed by atoms with Gasteiger partial charge in [0.1, 0.15) is 5.75 Å². The lowest BCUT2D eigenvalue weighted by Gasteiger charge is -2.31. The summed E-state index contributed by atoms with van der Waals surface area (Å²) in [5.74, 6) is 0.495. The molecule has 4 nitrogen and oxygen atoms in total. The van der Waals surface area contributed by atoms with E-state index >= 15 is 0 Å². The molecule has 1 aliphatic rings. The van der Waals surface area contributed by atoms with Crippen LogP contribution in [0.25, 0.3) is 0 Å². The molecule has 1 aliphatic carbocycles. The summed E-state index contributed by atoms with van der Waals surface area (Å²) in [6.07, 6.45) is 4.75. The fourth-order valence-corrected chi connectivity index (χ4v) is 3.05. The van der Waals surface area contributed by atoms with Gasteiger partial charge in [-0.1, -0.05) is 36.9 Å². The summed E-state index contributed by atoms with van der Waals surface area (Å²) in [7, 11) is 1.56. The van der Waals surface area contributed by atoms with Crippen molar-refractivity contribution in [1.82, 2.24) is 5.32 Å². The van der Waals surface area contributed by atoms with Crippen LogP contribution in [0, 0.1) is 0 Å². The van der Waals surface area contributed by atoms with Gasteiger partial charge in [-0.15, -0.1) is 0 Å². The van der Waals surface area contributed by atoms with Gasteiger partial charge in [-0.25, -0.2) is 0 Å². The molecule has 0 aliphatic heterocycles. The molecule has 2 N–H and O–H groups in total. The molecular weight excluding hydrogens is 290 g/mol. The molecule has 0 atom stereocenters. The molecule has 0 unspecified atom stereocenters. The number of halogens is 1. The van der Waals surface area contributed by atoms with Gasteiger partial charge in [0.25, 0.3) is 0 Å². The van der Waals surface area contributed by atoms with E-state index in [1.165, 1.54) is 0 Å². The number of aliphatic hydroxyl groups is 1. The first-order valence-electron chi connectivity index (χ1n) is 7.34. The van der Waals surface area contributed by atoms with E-state index in [9.17, 15) is 9.90 Å². The van der Waals surface area contributed by atoms with Crippen LogP contribution in [0.15, 0.2) is 18.2 Å². The van der Waals surface area contributed by atoms with Crippen LogP contribution in [-0.2, 0) is 11.3 Å². The molecule has 0 bridgehead atoms. The zero-order valence-corrected chi connectivity index (χ0v) is 13.1. The van der Waals surface area contributed by atoms with Gasteiger partial charge in [-0.05, 0) is 30.5 Å². The molecule has 116 valence electrons. The van der Waals surface area contributed by atoms with Gasteiger partial charge in [-0.3, -0.25) is 4.79 Å². The highest BCUT2D eigenvalue weighted by atomic mass is 35.5. The van der Waals surface area contributed by atoms with Crippen LogP contribution in [0.4, 0.5) is 0 Å². The largest absolute Gasteiger partial charge is 0.495 e. The van der Waals surface area contributed by atoms with Crippen LogP contribution in [0.2, 0.25) is 5.02 Å². The molecule has 0 spiro atoms. The second kappa shape index (κ2) is 7.14. The number of nitrogens with one attached hydrogen (secondary N) is 1. The van der Waals surface area contributed by atoms with Gasteiger partial charge in [0.15, 0.2) is 0 Å². The van der Waals surface area contributed by atoms with Crippen molar-refractivity contribution < 1.29 is 14.6 Å². The molecule has 1 fully saturated rings. The summed E-state index contributed by atoms with van der Waals surface area (Å²) >= 11 is 6.04. The van der Waals surface area contributed by atoms with Gasteiger partial charge >= 0.3 is 0 Å². The third-order valence-corrected chi connectivity index (χ3v) is 4.28. The molecule has 2 rings (SSSR count). The SMILES string of the molecule is COc1ccc(CNC(=O)CC2(O)CCCCC2)cc1Cl. The number of amides is 1. The first-order chi connectivity index (χ1) is 10.0. The molecule has 1 saturated carbocycles. The molecule has 0 radical (unpaired) electrons. The summed E-state index contributed by atoms with van der Waals surface area (Å²) in [4.78, 5) is 12.0. The molecule has 21 heavy (non-hydrogen) atoms. The van der Waals surface area contributed by atoms with Crippen LogP contribution in [0.1, 0.15) is 44.1 Å². The minimum absolute atomic E-state index is 0.119. The van der Waals surface area contributed by atoms with E-state index in [0.717, 1.165) is 37.7 Å². The molecule has 0 heterocycles. The lowest BCUT2D eigenvalue weighted by Crippen LogP contribution is -2.38. The number of hydrogen-bond acceptors (Lipinski definition) is 3. The normalized spacial score (nSPS) is 17.3. The van der Waals surface area contributed by atoms with Crippen LogP contribution in [0.3, 0.4) is 0 Å². The van der Waals surface area contributed by atoms with Crippen molar-refractivity contribution in [2.24, 2.45) is 0 Å². The average Bonchev–Trinajstić information content (AvgIpc) is 2.45. The van der Waals surface area contributed by atoms with Crippen molar-refractivity contribution >= 4 is 17.5 Å². The standard InChI is InChI=1S/C16H22ClNO3/c1-21-14-6-5-12(9-13(14)17)11-18-15(19)10-16(20)7-3-2-4-8-16/h5-6,9,20H,2-4,7-8,10-11H2,1H3,(H,18,19). The zero-order chi connectivity index (χ0) is 15.3. The Labute approximate surface area is 130 Å². The maximum absolute atomic E-state index is 12.0. The van der Waals surface area contributed by atoms with Gasteiger partial charge in [-0.2, -0.15) is 0 Å². The number of hydrogen-bond donors (Lipinski definition) is 2. The fourth-order valence-electron chi connectivity index (χ4n) is 2.77. The van der Waals surface area contributed by atoms with Gasteiger partial charge in [0, 0.05) is 6.54 Å². The molecule has 1 aromatic carbocycles. The third-order valence-electron chi connectivity index (χ3n) is 3.98. The Morgan fingerprint density at radius 2 is 2.10 bits per heavy atom. The predicted molar refractivity (Wildman–Crippen MR) is 82.5 cm³/mol. The molecular formula is C16H22ClNO3. The van der Waals surface area contributed by atoms with Gasteiger partial charge in [0.2, 0.25) is 5.91 Å². The summed E-state index contributed by atoms with van der Waals surface area (Å²) in [6.45, 7) is 0.401. The minimum Gasteiger partial charge on any atom is -0.495 e. The van der Waals surface area contributed by atoms with Crippen molar-refractivity contribution in [2.45, 2.75) is 50.7 Å². The van der Waals surface area contributed by atoms with E-state index in [4.69, 9.17) is 16.3 Å².